The Bertz CT molecular complexity index is 821. The normalized spacial score (nSPS) is 14.6. The highest BCUT2D eigenvalue weighted by molar-refractivity contribution is 5.93. The Morgan fingerprint density at radius 1 is 1.39 bits per heavy atom. The van der Waals surface area contributed by atoms with Crippen molar-refractivity contribution in [1.29, 1.82) is 0 Å². The lowest BCUT2D eigenvalue weighted by atomic mass is 9.97. The maximum Gasteiger partial charge on any atom is 0.270 e. The van der Waals surface area contributed by atoms with Crippen LogP contribution < -0.4 is 10.9 Å². The lowest BCUT2D eigenvalue weighted by Crippen LogP contribution is -2.32. The van der Waals surface area contributed by atoms with Gasteiger partial charge in [0.05, 0.1) is 0 Å². The first-order valence-electron chi connectivity index (χ1n) is 8.10. The number of amides is 1. The molecule has 23 heavy (non-hydrogen) atoms. The Balaban J connectivity index is 1.72. The van der Waals surface area contributed by atoms with Crippen molar-refractivity contribution in [2.75, 3.05) is 6.54 Å². The zero-order valence-electron chi connectivity index (χ0n) is 13.3. The molecule has 0 spiro atoms. The summed E-state index contributed by atoms with van der Waals surface area (Å²) in [5, 5.41) is 2.83. The summed E-state index contributed by atoms with van der Waals surface area (Å²) in [5.74, 6) is -0.352. The van der Waals surface area contributed by atoms with E-state index in [9.17, 15) is 9.59 Å². The fourth-order valence-electron chi connectivity index (χ4n) is 2.97. The fourth-order valence-corrected chi connectivity index (χ4v) is 2.97. The van der Waals surface area contributed by atoms with Crippen molar-refractivity contribution in [3.05, 3.63) is 57.7 Å². The number of hydrogen-bond donors (Lipinski definition) is 1. The zero-order chi connectivity index (χ0) is 16.2. The molecule has 0 fully saturated rings. The number of aryl methyl sites for hydroxylation is 1. The van der Waals surface area contributed by atoms with Crippen LogP contribution in [-0.2, 0) is 0 Å². The maximum absolute atomic E-state index is 12.4. The molecule has 0 bridgehead atoms. The lowest BCUT2D eigenvalue weighted by molar-refractivity contribution is 0.0952. The molecule has 0 aromatic carbocycles. The van der Waals surface area contributed by atoms with Crippen molar-refractivity contribution < 1.29 is 4.79 Å². The molecule has 0 saturated heterocycles. The zero-order valence-corrected chi connectivity index (χ0v) is 13.3. The van der Waals surface area contributed by atoms with Gasteiger partial charge in [0.25, 0.3) is 11.5 Å². The van der Waals surface area contributed by atoms with Crippen LogP contribution in [0.2, 0.25) is 0 Å². The molecule has 5 heteroatoms. The molecule has 0 aliphatic heterocycles. The van der Waals surface area contributed by atoms with Gasteiger partial charge in [0.2, 0.25) is 0 Å². The largest absolute Gasteiger partial charge is 0.351 e. The van der Waals surface area contributed by atoms with Gasteiger partial charge in [0, 0.05) is 18.9 Å². The SMILES string of the molecule is Cc1cccn2c(=O)c(C(=O)NCCC3=CCCCC3)cnc12. The summed E-state index contributed by atoms with van der Waals surface area (Å²) in [6.45, 7) is 2.44. The molecule has 5 nitrogen and oxygen atoms in total. The smallest absolute Gasteiger partial charge is 0.270 e. The van der Waals surface area contributed by atoms with Gasteiger partial charge in [-0.1, -0.05) is 17.7 Å². The van der Waals surface area contributed by atoms with Crippen LogP contribution in [-0.4, -0.2) is 21.8 Å². The molecule has 1 amide bonds. The molecule has 2 aromatic heterocycles. The summed E-state index contributed by atoms with van der Waals surface area (Å²) >= 11 is 0. The molecular formula is C18H21N3O2. The van der Waals surface area contributed by atoms with Crippen LogP contribution in [0.4, 0.5) is 0 Å². The van der Waals surface area contributed by atoms with Crippen molar-refractivity contribution in [3.63, 3.8) is 0 Å². The van der Waals surface area contributed by atoms with E-state index in [1.807, 2.05) is 13.0 Å². The molecule has 0 radical (unpaired) electrons. The summed E-state index contributed by atoms with van der Waals surface area (Å²) < 4.78 is 1.42. The number of rotatable bonds is 4. The molecule has 2 heterocycles. The van der Waals surface area contributed by atoms with Gasteiger partial charge in [0.1, 0.15) is 11.2 Å². The topological polar surface area (TPSA) is 63.5 Å². The molecule has 3 rings (SSSR count). The van der Waals surface area contributed by atoms with Crippen molar-refractivity contribution in [2.24, 2.45) is 0 Å². The van der Waals surface area contributed by atoms with Crippen LogP contribution in [0.15, 0.2) is 41.0 Å². The van der Waals surface area contributed by atoms with E-state index >= 15 is 0 Å². The first kappa shape index (κ1) is 15.5. The third kappa shape index (κ3) is 3.33. The molecule has 0 unspecified atom stereocenters. The van der Waals surface area contributed by atoms with Gasteiger partial charge in [-0.2, -0.15) is 0 Å². The summed E-state index contributed by atoms with van der Waals surface area (Å²) in [6.07, 6.45) is 10.9. The van der Waals surface area contributed by atoms with E-state index in [4.69, 9.17) is 0 Å². The van der Waals surface area contributed by atoms with E-state index in [2.05, 4.69) is 16.4 Å². The van der Waals surface area contributed by atoms with Gasteiger partial charge < -0.3 is 5.32 Å². The Hall–Kier alpha value is -2.43. The average molecular weight is 311 g/mol. The van der Waals surface area contributed by atoms with Crippen LogP contribution in [0.1, 0.15) is 48.0 Å². The second-order valence-corrected chi connectivity index (χ2v) is 5.98. The summed E-state index contributed by atoms with van der Waals surface area (Å²) in [5.41, 5.74) is 2.65. The quantitative estimate of drug-likeness (QED) is 0.883. The van der Waals surface area contributed by atoms with Crippen LogP contribution in [0, 0.1) is 6.92 Å². The molecular weight excluding hydrogens is 290 g/mol. The Morgan fingerprint density at radius 3 is 3.04 bits per heavy atom. The first-order chi connectivity index (χ1) is 11.2. The number of nitrogens with zero attached hydrogens (tertiary/aromatic N) is 2. The molecule has 0 saturated carbocycles. The van der Waals surface area contributed by atoms with E-state index in [0.717, 1.165) is 24.8 Å². The van der Waals surface area contributed by atoms with Gasteiger partial charge in [-0.05, 0) is 50.7 Å². The van der Waals surface area contributed by atoms with Gasteiger partial charge in [0.15, 0.2) is 0 Å². The van der Waals surface area contributed by atoms with Gasteiger partial charge >= 0.3 is 0 Å². The molecule has 2 aromatic rings. The summed E-state index contributed by atoms with van der Waals surface area (Å²) in [7, 11) is 0. The molecule has 1 aliphatic carbocycles. The highest BCUT2D eigenvalue weighted by Gasteiger charge is 2.13. The monoisotopic (exact) mass is 311 g/mol. The molecule has 120 valence electrons. The van der Waals surface area contributed by atoms with Crippen molar-refractivity contribution in [1.82, 2.24) is 14.7 Å². The number of carbonyl (C=O) groups is 1. The summed E-state index contributed by atoms with van der Waals surface area (Å²) in [6, 6.07) is 3.67. The second kappa shape index (κ2) is 6.77. The second-order valence-electron chi connectivity index (χ2n) is 5.98. The van der Waals surface area contributed by atoms with E-state index in [1.54, 1.807) is 12.3 Å². The van der Waals surface area contributed by atoms with E-state index in [0.29, 0.717) is 12.2 Å². The molecule has 0 atom stereocenters. The highest BCUT2D eigenvalue weighted by Crippen LogP contribution is 2.19. The van der Waals surface area contributed by atoms with Crippen LogP contribution in [0.25, 0.3) is 5.65 Å². The van der Waals surface area contributed by atoms with E-state index in [1.165, 1.54) is 29.0 Å². The third-order valence-corrected chi connectivity index (χ3v) is 4.29. The van der Waals surface area contributed by atoms with E-state index in [-0.39, 0.29) is 17.0 Å². The molecule has 1 aliphatic rings. The predicted molar refractivity (Wildman–Crippen MR) is 89.7 cm³/mol. The third-order valence-electron chi connectivity index (χ3n) is 4.29. The number of nitrogens with one attached hydrogen (secondary N) is 1. The number of pyridine rings is 1. The minimum Gasteiger partial charge on any atom is -0.351 e. The minimum absolute atomic E-state index is 0.0886. The number of carbonyl (C=O) groups excluding carboxylic acids is 1. The molecule has 1 N–H and O–H groups in total. The number of allylic oxidation sites excluding steroid dienone is 1. The Labute approximate surface area is 135 Å². The van der Waals surface area contributed by atoms with Gasteiger partial charge in [-0.25, -0.2) is 4.98 Å². The maximum atomic E-state index is 12.4. The highest BCUT2D eigenvalue weighted by atomic mass is 16.2. The predicted octanol–water partition coefficient (Wildman–Crippen LogP) is 2.62. The Morgan fingerprint density at radius 2 is 2.26 bits per heavy atom. The standard InChI is InChI=1S/C18H21N3O2/c1-13-6-5-11-21-16(13)20-12-15(18(21)23)17(22)19-10-9-14-7-3-2-4-8-14/h5-7,11-12H,2-4,8-10H2,1H3,(H,19,22). The van der Waals surface area contributed by atoms with Crippen molar-refractivity contribution in [3.8, 4) is 0 Å². The lowest BCUT2D eigenvalue weighted by Gasteiger charge is -2.13. The van der Waals surface area contributed by atoms with Gasteiger partial charge in [-0.3, -0.25) is 14.0 Å². The number of fused-ring (bicyclic) bond motifs is 1. The average Bonchev–Trinajstić information content (AvgIpc) is 2.57. The van der Waals surface area contributed by atoms with Crippen LogP contribution >= 0.6 is 0 Å². The van der Waals surface area contributed by atoms with Crippen LogP contribution in [0.5, 0.6) is 0 Å². The summed E-state index contributed by atoms with van der Waals surface area (Å²) in [4.78, 5) is 28.9. The van der Waals surface area contributed by atoms with E-state index < -0.39 is 0 Å². The van der Waals surface area contributed by atoms with Crippen molar-refractivity contribution in [2.45, 2.75) is 39.0 Å². The number of aromatic nitrogens is 2. The Kier molecular flexibility index (Phi) is 4.55. The van der Waals surface area contributed by atoms with Crippen LogP contribution in [0.3, 0.4) is 0 Å². The number of hydrogen-bond acceptors (Lipinski definition) is 3. The fraction of sp³-hybridized carbons (Fsp3) is 0.389. The van der Waals surface area contributed by atoms with Crippen molar-refractivity contribution >= 4 is 11.6 Å². The van der Waals surface area contributed by atoms with Gasteiger partial charge in [-0.15, -0.1) is 0 Å². The first-order valence-corrected chi connectivity index (χ1v) is 8.10. The minimum atomic E-state index is -0.352.